The molecular formula is C6H8Cl2O3. The summed E-state index contributed by atoms with van der Waals surface area (Å²) in [5, 5.41) is 0. The zero-order chi connectivity index (χ0) is 8.32. The monoisotopic (exact) mass is 198 g/mol. The highest BCUT2D eigenvalue weighted by Crippen LogP contribution is 2.36. The second kappa shape index (κ2) is 3.61. The van der Waals surface area contributed by atoms with Gasteiger partial charge in [0.15, 0.2) is 4.33 Å². The summed E-state index contributed by atoms with van der Waals surface area (Å²) in [6.07, 6.45) is 0.539. The van der Waals surface area contributed by atoms with Crippen molar-refractivity contribution in [2.24, 2.45) is 0 Å². The number of rotatable bonds is 2. The first-order valence-corrected chi connectivity index (χ1v) is 4.01. The Morgan fingerprint density at radius 2 is 2.36 bits per heavy atom. The minimum atomic E-state index is -1.08. The highest BCUT2D eigenvalue weighted by Gasteiger charge is 2.40. The standard InChI is InChI=1S/C6H8Cl2O3/c7-6(8)2-1-3-10-5(6)11-4-9/h4-5H,1-3H2/t5-/m0/s1. The quantitative estimate of drug-likeness (QED) is 0.499. The summed E-state index contributed by atoms with van der Waals surface area (Å²) in [7, 11) is 0. The molecule has 0 aromatic carbocycles. The summed E-state index contributed by atoms with van der Waals surface area (Å²) in [5.41, 5.74) is 0. The first-order chi connectivity index (χ1) is 5.17. The maximum atomic E-state index is 9.94. The second-order valence-electron chi connectivity index (χ2n) is 2.30. The maximum Gasteiger partial charge on any atom is 0.295 e. The summed E-state index contributed by atoms with van der Waals surface area (Å²) in [4.78, 5) is 9.94. The summed E-state index contributed by atoms with van der Waals surface area (Å²) >= 11 is 11.5. The van der Waals surface area contributed by atoms with Gasteiger partial charge < -0.3 is 9.47 Å². The molecule has 0 aliphatic carbocycles. The molecule has 1 aliphatic heterocycles. The predicted molar refractivity (Wildman–Crippen MR) is 40.6 cm³/mol. The van der Waals surface area contributed by atoms with Crippen molar-refractivity contribution in [3.63, 3.8) is 0 Å². The minimum absolute atomic E-state index is 0.287. The molecule has 0 radical (unpaired) electrons. The van der Waals surface area contributed by atoms with Crippen molar-refractivity contribution in [1.82, 2.24) is 0 Å². The van der Waals surface area contributed by atoms with Gasteiger partial charge in [0, 0.05) is 0 Å². The van der Waals surface area contributed by atoms with Crippen molar-refractivity contribution >= 4 is 29.7 Å². The third-order valence-electron chi connectivity index (χ3n) is 1.45. The smallest absolute Gasteiger partial charge is 0.295 e. The van der Waals surface area contributed by atoms with Crippen molar-refractivity contribution < 1.29 is 14.3 Å². The van der Waals surface area contributed by atoms with Crippen LogP contribution in [0.3, 0.4) is 0 Å². The summed E-state index contributed by atoms with van der Waals surface area (Å²) in [6, 6.07) is 0. The minimum Gasteiger partial charge on any atom is -0.435 e. The molecule has 5 heteroatoms. The van der Waals surface area contributed by atoms with Gasteiger partial charge in [-0.25, -0.2) is 0 Å². The predicted octanol–water partition coefficient (Wildman–Crippen LogP) is 1.47. The average molecular weight is 199 g/mol. The molecule has 0 unspecified atom stereocenters. The van der Waals surface area contributed by atoms with Gasteiger partial charge in [-0.1, -0.05) is 23.2 Å². The van der Waals surface area contributed by atoms with E-state index in [0.717, 1.165) is 6.42 Å². The number of halogens is 2. The number of carbonyl (C=O) groups is 1. The van der Waals surface area contributed by atoms with Crippen LogP contribution in [0.5, 0.6) is 0 Å². The Bertz CT molecular complexity index is 149. The van der Waals surface area contributed by atoms with Crippen LogP contribution in [-0.4, -0.2) is 23.7 Å². The molecule has 1 heterocycles. The fourth-order valence-electron chi connectivity index (χ4n) is 0.927. The molecule has 1 fully saturated rings. The SMILES string of the molecule is O=CO[C@@H]1OCCCC1(Cl)Cl. The molecule has 0 bridgehead atoms. The molecule has 0 spiro atoms. The topological polar surface area (TPSA) is 35.5 Å². The number of carbonyl (C=O) groups excluding carboxylic acids is 1. The molecule has 0 N–H and O–H groups in total. The van der Waals surface area contributed by atoms with E-state index in [9.17, 15) is 4.79 Å². The number of hydrogen-bond acceptors (Lipinski definition) is 3. The van der Waals surface area contributed by atoms with Gasteiger partial charge in [0.1, 0.15) is 0 Å². The molecule has 3 nitrogen and oxygen atoms in total. The molecule has 11 heavy (non-hydrogen) atoms. The molecule has 1 aliphatic rings. The van der Waals surface area contributed by atoms with Gasteiger partial charge in [-0.15, -0.1) is 0 Å². The normalized spacial score (nSPS) is 29.5. The molecular weight excluding hydrogens is 191 g/mol. The van der Waals surface area contributed by atoms with Crippen LogP contribution in [0.15, 0.2) is 0 Å². The van der Waals surface area contributed by atoms with Gasteiger partial charge in [0.2, 0.25) is 6.29 Å². The van der Waals surface area contributed by atoms with E-state index in [1.165, 1.54) is 0 Å². The van der Waals surface area contributed by atoms with E-state index in [1.54, 1.807) is 0 Å². The van der Waals surface area contributed by atoms with Gasteiger partial charge >= 0.3 is 0 Å². The Morgan fingerprint density at radius 1 is 1.64 bits per heavy atom. The zero-order valence-electron chi connectivity index (χ0n) is 5.76. The second-order valence-corrected chi connectivity index (χ2v) is 3.84. The Hall–Kier alpha value is 0.01000. The zero-order valence-corrected chi connectivity index (χ0v) is 7.27. The first kappa shape index (κ1) is 9.10. The lowest BCUT2D eigenvalue weighted by Crippen LogP contribution is -2.40. The van der Waals surface area contributed by atoms with Crippen LogP contribution in [0.2, 0.25) is 0 Å². The van der Waals surface area contributed by atoms with Crippen LogP contribution < -0.4 is 0 Å². The van der Waals surface area contributed by atoms with Crippen molar-refractivity contribution in [2.75, 3.05) is 6.61 Å². The number of alkyl halides is 2. The average Bonchev–Trinajstić information content (AvgIpc) is 1.94. The van der Waals surface area contributed by atoms with Crippen LogP contribution in [-0.2, 0) is 14.3 Å². The third-order valence-corrected chi connectivity index (χ3v) is 2.18. The van der Waals surface area contributed by atoms with Crippen molar-refractivity contribution in [1.29, 1.82) is 0 Å². The molecule has 64 valence electrons. The van der Waals surface area contributed by atoms with E-state index in [1.807, 2.05) is 0 Å². The van der Waals surface area contributed by atoms with E-state index < -0.39 is 10.6 Å². The molecule has 1 saturated heterocycles. The van der Waals surface area contributed by atoms with Gasteiger partial charge in [-0.3, -0.25) is 4.79 Å². The fourth-order valence-corrected chi connectivity index (χ4v) is 1.42. The van der Waals surface area contributed by atoms with Crippen LogP contribution in [0.25, 0.3) is 0 Å². The van der Waals surface area contributed by atoms with E-state index in [4.69, 9.17) is 27.9 Å². The van der Waals surface area contributed by atoms with Crippen LogP contribution in [0.1, 0.15) is 12.8 Å². The summed E-state index contributed by atoms with van der Waals surface area (Å²) in [6.45, 7) is 0.815. The Kier molecular flexibility index (Phi) is 2.98. The lowest BCUT2D eigenvalue weighted by Gasteiger charge is -2.31. The van der Waals surface area contributed by atoms with E-state index in [-0.39, 0.29) is 6.47 Å². The highest BCUT2D eigenvalue weighted by atomic mass is 35.5. The Balaban J connectivity index is 2.52. The van der Waals surface area contributed by atoms with E-state index >= 15 is 0 Å². The van der Waals surface area contributed by atoms with E-state index in [0.29, 0.717) is 13.0 Å². The summed E-state index contributed by atoms with van der Waals surface area (Å²) in [5.74, 6) is 0. The number of ether oxygens (including phenoxy) is 2. The Morgan fingerprint density at radius 3 is 2.91 bits per heavy atom. The Labute approximate surface area is 74.6 Å². The van der Waals surface area contributed by atoms with Crippen molar-refractivity contribution in [3.05, 3.63) is 0 Å². The molecule has 1 atom stereocenters. The van der Waals surface area contributed by atoms with Gasteiger partial charge in [0.05, 0.1) is 6.61 Å². The van der Waals surface area contributed by atoms with Gasteiger partial charge in [-0.05, 0) is 12.8 Å². The highest BCUT2D eigenvalue weighted by molar-refractivity contribution is 6.48. The van der Waals surface area contributed by atoms with Crippen molar-refractivity contribution in [3.8, 4) is 0 Å². The maximum absolute atomic E-state index is 9.94. The lowest BCUT2D eigenvalue weighted by molar-refractivity contribution is -0.175. The van der Waals surface area contributed by atoms with Crippen LogP contribution in [0, 0.1) is 0 Å². The first-order valence-electron chi connectivity index (χ1n) is 3.25. The molecule has 0 saturated carbocycles. The van der Waals surface area contributed by atoms with Gasteiger partial charge in [-0.2, -0.15) is 0 Å². The summed E-state index contributed by atoms with van der Waals surface area (Å²) < 4.78 is 8.46. The van der Waals surface area contributed by atoms with Gasteiger partial charge in [0.25, 0.3) is 6.47 Å². The van der Waals surface area contributed by atoms with Crippen LogP contribution in [0.4, 0.5) is 0 Å². The molecule has 0 amide bonds. The van der Waals surface area contributed by atoms with Crippen LogP contribution >= 0.6 is 23.2 Å². The molecule has 0 aromatic heterocycles. The third kappa shape index (κ3) is 2.22. The van der Waals surface area contributed by atoms with E-state index in [2.05, 4.69) is 4.74 Å². The molecule has 0 aromatic rings. The number of hydrogen-bond donors (Lipinski definition) is 0. The molecule has 1 rings (SSSR count). The lowest BCUT2D eigenvalue weighted by atomic mass is 10.2. The fraction of sp³-hybridized carbons (Fsp3) is 0.833. The largest absolute Gasteiger partial charge is 0.435 e. The van der Waals surface area contributed by atoms with Crippen molar-refractivity contribution in [2.45, 2.75) is 23.5 Å².